The molecule has 0 aromatic heterocycles. The Morgan fingerprint density at radius 1 is 1.10 bits per heavy atom. The van der Waals surface area contributed by atoms with Crippen molar-refractivity contribution in [2.45, 2.75) is 37.1 Å². The van der Waals surface area contributed by atoms with Gasteiger partial charge in [0.1, 0.15) is 16.5 Å². The smallest absolute Gasteiger partial charge is 0.285 e. The van der Waals surface area contributed by atoms with Crippen LogP contribution in [0, 0.1) is 0 Å². The minimum Gasteiger partial charge on any atom is -0.494 e. The third-order valence-corrected chi connectivity index (χ3v) is 6.89. The van der Waals surface area contributed by atoms with E-state index >= 15 is 0 Å². The molecule has 2 aliphatic rings. The Labute approximate surface area is 183 Å². The molecule has 2 aromatic carbocycles. The molecule has 0 atom stereocenters. The van der Waals surface area contributed by atoms with Gasteiger partial charge in [0, 0.05) is 23.7 Å². The second-order valence-corrected chi connectivity index (χ2v) is 9.68. The van der Waals surface area contributed by atoms with Gasteiger partial charge in [-0.25, -0.2) is 0 Å². The standard InChI is InChI=1S/C22H26ClN3O3S/c23-18-8-9-21-20(15-18)22(25-30(21,27)28)24-10-5-13-29-19-7-4-6-17(14-19)16-26-11-2-1-3-12-26/h4,6-9,14-15H,1-3,5,10-13,16H2,(H,24,25). The van der Waals surface area contributed by atoms with E-state index in [0.717, 1.165) is 12.3 Å². The summed E-state index contributed by atoms with van der Waals surface area (Å²) >= 11 is 6.01. The van der Waals surface area contributed by atoms with Gasteiger partial charge in [0.2, 0.25) is 0 Å². The lowest BCUT2D eigenvalue weighted by Gasteiger charge is -2.26. The average Bonchev–Trinajstić information content (AvgIpc) is 2.98. The number of nitrogens with one attached hydrogen (secondary N) is 1. The van der Waals surface area contributed by atoms with E-state index in [4.69, 9.17) is 16.3 Å². The number of likely N-dealkylation sites (tertiary alicyclic amines) is 1. The maximum atomic E-state index is 12.1. The molecule has 2 heterocycles. The van der Waals surface area contributed by atoms with Crippen molar-refractivity contribution in [1.82, 2.24) is 10.2 Å². The Bertz CT molecular complexity index is 1030. The lowest BCUT2D eigenvalue weighted by atomic mass is 10.1. The summed E-state index contributed by atoms with van der Waals surface area (Å²) in [5.74, 6) is 1.21. The second-order valence-electron chi connectivity index (χ2n) is 7.67. The fourth-order valence-electron chi connectivity index (χ4n) is 3.84. The number of rotatable bonds is 7. The number of hydrogen-bond acceptors (Lipinski definition) is 5. The third-order valence-electron chi connectivity index (χ3n) is 5.32. The Kier molecular flexibility index (Phi) is 6.61. The Morgan fingerprint density at radius 2 is 1.93 bits per heavy atom. The number of halogens is 1. The minimum atomic E-state index is -3.64. The molecule has 1 N–H and O–H groups in total. The van der Waals surface area contributed by atoms with Crippen LogP contribution in [0.2, 0.25) is 5.02 Å². The number of hydrogen-bond donors (Lipinski definition) is 1. The van der Waals surface area contributed by atoms with Gasteiger partial charge in [0.05, 0.1) is 6.61 Å². The van der Waals surface area contributed by atoms with Crippen LogP contribution in [0.1, 0.15) is 36.8 Å². The first-order valence-electron chi connectivity index (χ1n) is 10.3. The first kappa shape index (κ1) is 21.2. The molecule has 2 aliphatic heterocycles. The number of fused-ring (bicyclic) bond motifs is 1. The summed E-state index contributed by atoms with van der Waals surface area (Å²) in [4.78, 5) is 2.68. The monoisotopic (exact) mass is 447 g/mol. The molecule has 0 spiro atoms. The van der Waals surface area contributed by atoms with Gasteiger partial charge in [-0.15, -0.1) is 4.40 Å². The van der Waals surface area contributed by atoms with Crippen molar-refractivity contribution in [3.63, 3.8) is 0 Å². The highest BCUT2D eigenvalue weighted by Gasteiger charge is 2.28. The van der Waals surface area contributed by atoms with E-state index in [1.807, 2.05) is 12.1 Å². The maximum absolute atomic E-state index is 12.1. The van der Waals surface area contributed by atoms with E-state index in [1.54, 1.807) is 12.1 Å². The molecule has 1 saturated heterocycles. The SMILES string of the molecule is O=S1(=O)N=C(NCCCOc2cccc(CN3CCCCC3)c2)c2cc(Cl)ccc21. The number of piperidine rings is 1. The predicted octanol–water partition coefficient (Wildman–Crippen LogP) is 3.83. The molecule has 2 aromatic rings. The van der Waals surface area contributed by atoms with Crippen LogP contribution in [0.25, 0.3) is 0 Å². The summed E-state index contributed by atoms with van der Waals surface area (Å²) in [7, 11) is -3.64. The van der Waals surface area contributed by atoms with E-state index < -0.39 is 10.0 Å². The van der Waals surface area contributed by atoms with Gasteiger partial charge in [-0.2, -0.15) is 8.42 Å². The van der Waals surface area contributed by atoms with E-state index in [-0.39, 0.29) is 4.90 Å². The van der Waals surface area contributed by atoms with E-state index in [1.165, 1.54) is 44.0 Å². The quantitative estimate of drug-likeness (QED) is 0.653. The average molecular weight is 448 g/mol. The van der Waals surface area contributed by atoms with E-state index in [0.29, 0.717) is 36.0 Å². The van der Waals surface area contributed by atoms with E-state index in [9.17, 15) is 8.42 Å². The van der Waals surface area contributed by atoms with Crippen molar-refractivity contribution >= 4 is 27.5 Å². The van der Waals surface area contributed by atoms with Gasteiger partial charge in [-0.05, 0) is 68.2 Å². The zero-order valence-electron chi connectivity index (χ0n) is 16.8. The molecular weight excluding hydrogens is 422 g/mol. The zero-order chi connectivity index (χ0) is 21.0. The number of amidine groups is 1. The predicted molar refractivity (Wildman–Crippen MR) is 119 cm³/mol. The summed E-state index contributed by atoms with van der Waals surface area (Å²) in [5.41, 5.74) is 1.79. The third kappa shape index (κ3) is 5.14. The summed E-state index contributed by atoms with van der Waals surface area (Å²) in [5, 5.41) is 3.58. The Balaban J connectivity index is 1.25. The summed E-state index contributed by atoms with van der Waals surface area (Å²) in [6.45, 7) is 4.39. The topological polar surface area (TPSA) is 71.0 Å². The lowest BCUT2D eigenvalue weighted by molar-refractivity contribution is 0.220. The summed E-state index contributed by atoms with van der Waals surface area (Å²) in [6.07, 6.45) is 4.62. The van der Waals surface area contributed by atoms with Gasteiger partial charge in [0.25, 0.3) is 10.0 Å². The molecule has 30 heavy (non-hydrogen) atoms. The van der Waals surface area contributed by atoms with Crippen LogP contribution in [0.4, 0.5) is 0 Å². The molecule has 160 valence electrons. The fraction of sp³-hybridized carbons (Fsp3) is 0.409. The van der Waals surface area contributed by atoms with Crippen LogP contribution < -0.4 is 10.1 Å². The Morgan fingerprint density at radius 3 is 2.77 bits per heavy atom. The molecule has 0 radical (unpaired) electrons. The number of nitrogens with zero attached hydrogens (tertiary/aromatic N) is 2. The number of ether oxygens (including phenoxy) is 1. The molecule has 4 rings (SSSR count). The van der Waals surface area contributed by atoms with Crippen molar-refractivity contribution in [2.75, 3.05) is 26.2 Å². The van der Waals surface area contributed by atoms with Gasteiger partial charge in [-0.1, -0.05) is 30.2 Å². The molecule has 1 fully saturated rings. The van der Waals surface area contributed by atoms with Crippen LogP contribution in [0.5, 0.6) is 5.75 Å². The molecule has 8 heteroatoms. The first-order chi connectivity index (χ1) is 14.5. The van der Waals surface area contributed by atoms with Gasteiger partial charge in [0.15, 0.2) is 0 Å². The van der Waals surface area contributed by atoms with Crippen molar-refractivity contribution < 1.29 is 13.2 Å². The second kappa shape index (κ2) is 9.37. The number of sulfonamides is 1. The molecule has 0 unspecified atom stereocenters. The van der Waals surface area contributed by atoms with Gasteiger partial charge >= 0.3 is 0 Å². The normalized spacial score (nSPS) is 18.0. The van der Waals surface area contributed by atoms with Crippen LogP contribution in [0.3, 0.4) is 0 Å². The van der Waals surface area contributed by atoms with Crippen LogP contribution >= 0.6 is 11.6 Å². The molecule has 6 nitrogen and oxygen atoms in total. The van der Waals surface area contributed by atoms with Crippen molar-refractivity contribution in [3.05, 3.63) is 58.6 Å². The van der Waals surface area contributed by atoms with E-state index in [2.05, 4.69) is 26.7 Å². The van der Waals surface area contributed by atoms with Gasteiger partial charge < -0.3 is 10.1 Å². The van der Waals surface area contributed by atoms with Crippen LogP contribution in [-0.4, -0.2) is 45.4 Å². The molecule has 0 amide bonds. The fourth-order valence-corrected chi connectivity index (χ4v) is 5.18. The van der Waals surface area contributed by atoms with Gasteiger partial charge in [-0.3, -0.25) is 4.90 Å². The Hall–Kier alpha value is -2.09. The zero-order valence-corrected chi connectivity index (χ0v) is 18.4. The lowest BCUT2D eigenvalue weighted by Crippen LogP contribution is -2.29. The van der Waals surface area contributed by atoms with Crippen LogP contribution in [-0.2, 0) is 16.6 Å². The highest BCUT2D eigenvalue weighted by molar-refractivity contribution is 7.90. The highest BCUT2D eigenvalue weighted by atomic mass is 35.5. The van der Waals surface area contributed by atoms with Crippen molar-refractivity contribution in [1.29, 1.82) is 0 Å². The molecular formula is C22H26ClN3O3S. The molecule has 0 aliphatic carbocycles. The van der Waals surface area contributed by atoms with Crippen molar-refractivity contribution in [2.24, 2.45) is 4.40 Å². The highest BCUT2D eigenvalue weighted by Crippen LogP contribution is 2.28. The maximum Gasteiger partial charge on any atom is 0.285 e. The molecule has 0 saturated carbocycles. The molecule has 0 bridgehead atoms. The summed E-state index contributed by atoms with van der Waals surface area (Å²) in [6, 6.07) is 12.9. The largest absolute Gasteiger partial charge is 0.494 e. The minimum absolute atomic E-state index is 0.191. The summed E-state index contributed by atoms with van der Waals surface area (Å²) < 4.78 is 34.0. The number of benzene rings is 2. The van der Waals surface area contributed by atoms with Crippen molar-refractivity contribution in [3.8, 4) is 5.75 Å². The first-order valence-corrected chi connectivity index (χ1v) is 12.2. The van der Waals surface area contributed by atoms with Crippen LogP contribution in [0.15, 0.2) is 51.8 Å².